The first-order chi connectivity index (χ1) is 11.7. The molecule has 0 aromatic carbocycles. The highest BCUT2D eigenvalue weighted by atomic mass is 79.9. The molecule has 1 N–H and O–H groups in total. The van der Waals surface area contributed by atoms with E-state index in [1.54, 1.807) is 15.9 Å². The van der Waals surface area contributed by atoms with E-state index < -0.39 is 0 Å². The van der Waals surface area contributed by atoms with Crippen LogP contribution in [-0.2, 0) is 19.5 Å². The number of halogens is 1. The Morgan fingerprint density at radius 2 is 2.25 bits per heavy atom. The predicted molar refractivity (Wildman–Crippen MR) is 97.6 cm³/mol. The second-order valence-corrected chi connectivity index (χ2v) is 8.62. The Bertz CT molecular complexity index is 984. The summed E-state index contributed by atoms with van der Waals surface area (Å²) >= 11 is 5.26. The number of aromatic amines is 1. The van der Waals surface area contributed by atoms with Crippen molar-refractivity contribution in [1.29, 1.82) is 0 Å². The summed E-state index contributed by atoms with van der Waals surface area (Å²) in [5.74, 6) is 0.594. The van der Waals surface area contributed by atoms with Crippen LogP contribution in [0, 0.1) is 0 Å². The van der Waals surface area contributed by atoms with Gasteiger partial charge in [-0.3, -0.25) is 14.8 Å². The van der Waals surface area contributed by atoms with E-state index in [4.69, 9.17) is 4.98 Å². The lowest BCUT2D eigenvalue weighted by atomic mass is 10.1. The van der Waals surface area contributed by atoms with Crippen LogP contribution in [-0.4, -0.2) is 26.0 Å². The molecule has 24 heavy (non-hydrogen) atoms. The third-order valence-corrected chi connectivity index (χ3v) is 6.56. The molecule has 1 aliphatic heterocycles. The Morgan fingerprint density at radius 1 is 1.38 bits per heavy atom. The zero-order valence-corrected chi connectivity index (χ0v) is 15.5. The van der Waals surface area contributed by atoms with Gasteiger partial charge in [-0.2, -0.15) is 0 Å². The maximum absolute atomic E-state index is 12.9. The van der Waals surface area contributed by atoms with Gasteiger partial charge in [0.2, 0.25) is 0 Å². The molecule has 0 bridgehead atoms. The molecule has 0 spiro atoms. The van der Waals surface area contributed by atoms with Crippen LogP contribution in [0.1, 0.15) is 40.6 Å². The highest BCUT2D eigenvalue weighted by Crippen LogP contribution is 2.39. The fourth-order valence-electron chi connectivity index (χ4n) is 3.45. The molecule has 3 aromatic rings. The van der Waals surface area contributed by atoms with Crippen LogP contribution < -0.4 is 5.56 Å². The zero-order valence-electron chi connectivity index (χ0n) is 13.1. The van der Waals surface area contributed by atoms with Gasteiger partial charge in [0, 0.05) is 58.5 Å². The van der Waals surface area contributed by atoms with E-state index in [9.17, 15) is 4.79 Å². The van der Waals surface area contributed by atoms with Crippen LogP contribution in [0.2, 0.25) is 0 Å². The second-order valence-electron chi connectivity index (χ2n) is 6.71. The molecule has 5 rings (SSSR count). The van der Waals surface area contributed by atoms with Crippen molar-refractivity contribution in [3.8, 4) is 0 Å². The van der Waals surface area contributed by atoms with Gasteiger partial charge in [0.15, 0.2) is 5.65 Å². The van der Waals surface area contributed by atoms with E-state index in [1.807, 2.05) is 0 Å². The molecule has 1 fully saturated rings. The number of nitrogens with one attached hydrogen (secondary N) is 1. The molecule has 4 heterocycles. The Hall–Kier alpha value is -1.44. The molecule has 0 saturated heterocycles. The summed E-state index contributed by atoms with van der Waals surface area (Å²) in [6.07, 6.45) is 3.27. The molecule has 7 heteroatoms. The molecular formula is C17H17BrN4OS. The fourth-order valence-corrected chi connectivity index (χ4v) is 4.94. The molecular weight excluding hydrogens is 388 g/mol. The number of H-pyrrole nitrogens is 1. The Kier molecular flexibility index (Phi) is 3.43. The van der Waals surface area contributed by atoms with Crippen LogP contribution in [0.3, 0.4) is 0 Å². The van der Waals surface area contributed by atoms with Gasteiger partial charge in [-0.15, -0.1) is 11.3 Å². The fraction of sp³-hybridized carbons (Fsp3) is 0.412. The van der Waals surface area contributed by atoms with Gasteiger partial charge in [-0.05, 0) is 34.8 Å². The first-order valence-corrected chi connectivity index (χ1v) is 9.93. The molecule has 0 amide bonds. The van der Waals surface area contributed by atoms with Crippen molar-refractivity contribution in [2.45, 2.75) is 38.3 Å². The van der Waals surface area contributed by atoms with Gasteiger partial charge < -0.3 is 0 Å². The minimum atomic E-state index is 0.0685. The van der Waals surface area contributed by atoms with Crippen LogP contribution in [0.5, 0.6) is 0 Å². The number of nitrogens with zero attached hydrogens (tertiary/aromatic N) is 3. The van der Waals surface area contributed by atoms with Crippen molar-refractivity contribution in [3.05, 3.63) is 54.2 Å². The first-order valence-electron chi connectivity index (χ1n) is 8.26. The minimum Gasteiger partial charge on any atom is -0.293 e. The smallest absolute Gasteiger partial charge is 0.277 e. The summed E-state index contributed by atoms with van der Waals surface area (Å²) in [4.78, 5) is 21.3. The average Bonchev–Trinajstić information content (AvgIpc) is 3.21. The molecule has 0 atom stereocenters. The number of hydrogen-bond donors (Lipinski definition) is 1. The molecule has 0 radical (unpaired) electrons. The number of thiophene rings is 1. The summed E-state index contributed by atoms with van der Waals surface area (Å²) in [6, 6.07) is 4.20. The zero-order chi connectivity index (χ0) is 16.3. The van der Waals surface area contributed by atoms with Crippen LogP contribution in [0.15, 0.2) is 26.8 Å². The molecule has 1 saturated carbocycles. The quantitative estimate of drug-likeness (QED) is 0.728. The van der Waals surface area contributed by atoms with E-state index in [1.165, 1.54) is 17.7 Å². The third kappa shape index (κ3) is 2.55. The summed E-state index contributed by atoms with van der Waals surface area (Å²) in [5.41, 5.74) is 3.82. The van der Waals surface area contributed by atoms with E-state index in [2.05, 4.69) is 43.4 Å². The lowest BCUT2D eigenvalue weighted by molar-refractivity contribution is 0.243. The van der Waals surface area contributed by atoms with Crippen molar-refractivity contribution in [1.82, 2.24) is 19.5 Å². The average molecular weight is 405 g/mol. The van der Waals surface area contributed by atoms with Crippen molar-refractivity contribution >= 4 is 32.9 Å². The molecule has 1 aliphatic carbocycles. The third-order valence-electron chi connectivity index (χ3n) is 4.88. The van der Waals surface area contributed by atoms with Gasteiger partial charge in [-0.25, -0.2) is 9.50 Å². The molecule has 3 aromatic heterocycles. The number of aromatic nitrogens is 3. The highest BCUT2D eigenvalue weighted by molar-refractivity contribution is 9.10. The van der Waals surface area contributed by atoms with Crippen molar-refractivity contribution in [3.63, 3.8) is 0 Å². The summed E-state index contributed by atoms with van der Waals surface area (Å²) in [5, 5.41) is 5.37. The largest absolute Gasteiger partial charge is 0.293 e. The minimum absolute atomic E-state index is 0.0685. The summed E-state index contributed by atoms with van der Waals surface area (Å²) in [6.45, 7) is 2.51. The Balaban J connectivity index is 1.48. The normalized spacial score (nSPS) is 18.2. The lowest BCUT2D eigenvalue weighted by Gasteiger charge is -2.27. The van der Waals surface area contributed by atoms with E-state index in [0.29, 0.717) is 12.5 Å². The molecule has 124 valence electrons. The number of fused-ring (bicyclic) bond motifs is 2. The maximum atomic E-state index is 12.9. The van der Waals surface area contributed by atoms with E-state index in [-0.39, 0.29) is 5.56 Å². The van der Waals surface area contributed by atoms with E-state index >= 15 is 0 Å². The van der Waals surface area contributed by atoms with Gasteiger partial charge in [0.05, 0.1) is 11.3 Å². The molecule has 2 aliphatic rings. The number of rotatable bonds is 3. The monoisotopic (exact) mass is 404 g/mol. The van der Waals surface area contributed by atoms with Crippen LogP contribution >= 0.6 is 27.3 Å². The lowest BCUT2D eigenvalue weighted by Crippen LogP contribution is -2.36. The van der Waals surface area contributed by atoms with Crippen molar-refractivity contribution < 1.29 is 0 Å². The standard InChI is InChI=1S/C17H17BrN4OS/c18-11-5-12(24-9-11)7-21-4-3-14-13(8-21)17(23)22-16(19-14)6-15(20-22)10-1-2-10/h5-6,9-10,20H,1-4,7-8H2. The summed E-state index contributed by atoms with van der Waals surface area (Å²) < 4.78 is 2.76. The Morgan fingerprint density at radius 3 is 3.00 bits per heavy atom. The van der Waals surface area contributed by atoms with Crippen molar-refractivity contribution in [2.75, 3.05) is 6.54 Å². The van der Waals surface area contributed by atoms with Crippen molar-refractivity contribution in [2.24, 2.45) is 0 Å². The van der Waals surface area contributed by atoms with E-state index in [0.717, 1.165) is 46.6 Å². The van der Waals surface area contributed by atoms with Crippen LogP contribution in [0.25, 0.3) is 5.65 Å². The topological polar surface area (TPSA) is 53.4 Å². The van der Waals surface area contributed by atoms with Gasteiger partial charge >= 0.3 is 0 Å². The summed E-state index contributed by atoms with van der Waals surface area (Å²) in [7, 11) is 0. The Labute approximate surface area is 151 Å². The SMILES string of the molecule is O=c1c2c(nc3cc(C4CC4)[nH]n13)CCN(Cc1cc(Br)cs1)C2. The molecule has 5 nitrogen and oxygen atoms in total. The first kappa shape index (κ1) is 14.9. The van der Waals surface area contributed by atoms with Crippen LogP contribution in [0.4, 0.5) is 0 Å². The predicted octanol–water partition coefficient (Wildman–Crippen LogP) is 3.28. The van der Waals surface area contributed by atoms with Gasteiger partial charge in [0.25, 0.3) is 5.56 Å². The molecule has 0 unspecified atom stereocenters. The van der Waals surface area contributed by atoms with Gasteiger partial charge in [-0.1, -0.05) is 0 Å². The highest BCUT2D eigenvalue weighted by Gasteiger charge is 2.27. The second kappa shape index (κ2) is 5.54. The number of hydrogen-bond acceptors (Lipinski definition) is 4. The maximum Gasteiger partial charge on any atom is 0.277 e. The van der Waals surface area contributed by atoms with Gasteiger partial charge in [0.1, 0.15) is 0 Å².